The molecule has 2 rings (SSSR count). The fraction of sp³-hybridized carbons (Fsp3) is 0.500. The van der Waals surface area contributed by atoms with Gasteiger partial charge in [0.05, 0.1) is 11.0 Å². The molecule has 0 aliphatic heterocycles. The third-order valence-electron chi connectivity index (χ3n) is 3.41. The van der Waals surface area contributed by atoms with Crippen LogP contribution < -0.4 is 16.0 Å². The van der Waals surface area contributed by atoms with E-state index in [9.17, 15) is 9.18 Å². The molecule has 1 amide bonds. The highest BCUT2D eigenvalue weighted by molar-refractivity contribution is 9.10. The minimum atomic E-state index is -0.293. The minimum absolute atomic E-state index is 0.138. The summed E-state index contributed by atoms with van der Waals surface area (Å²) >= 11 is 3.13. The number of aliphatic imine (C=N–C) groups is 1. The number of amides is 1. The van der Waals surface area contributed by atoms with Crippen molar-refractivity contribution in [2.24, 2.45) is 10.9 Å². The van der Waals surface area contributed by atoms with E-state index in [0.29, 0.717) is 30.1 Å². The number of benzene rings is 1. The third kappa shape index (κ3) is 6.17. The van der Waals surface area contributed by atoms with Crippen LogP contribution in [-0.4, -0.2) is 31.5 Å². The molecule has 0 heterocycles. The summed E-state index contributed by atoms with van der Waals surface area (Å²) in [7, 11) is 0. The van der Waals surface area contributed by atoms with Gasteiger partial charge in [0, 0.05) is 25.6 Å². The third-order valence-corrected chi connectivity index (χ3v) is 4.06. The minimum Gasteiger partial charge on any atom is -0.357 e. The maximum absolute atomic E-state index is 13.5. The van der Waals surface area contributed by atoms with Gasteiger partial charge in [0.1, 0.15) is 5.82 Å². The smallest absolute Gasteiger partial charge is 0.223 e. The number of carbonyl (C=O) groups is 1. The quantitative estimate of drug-likeness (QED) is 0.383. The Labute approximate surface area is 144 Å². The lowest BCUT2D eigenvalue weighted by Gasteiger charge is -2.12. The Hall–Kier alpha value is -1.63. The van der Waals surface area contributed by atoms with Crippen LogP contribution in [0.2, 0.25) is 0 Å². The molecule has 23 heavy (non-hydrogen) atoms. The summed E-state index contributed by atoms with van der Waals surface area (Å²) in [5, 5.41) is 9.17. The lowest BCUT2D eigenvalue weighted by molar-refractivity contribution is -0.122. The number of halogens is 2. The van der Waals surface area contributed by atoms with Gasteiger partial charge in [-0.25, -0.2) is 9.38 Å². The molecule has 0 atom stereocenters. The predicted octanol–water partition coefficient (Wildman–Crippen LogP) is 2.17. The number of rotatable bonds is 7. The van der Waals surface area contributed by atoms with Crippen LogP contribution in [0, 0.1) is 11.7 Å². The Morgan fingerprint density at radius 3 is 2.70 bits per heavy atom. The van der Waals surface area contributed by atoms with Gasteiger partial charge in [-0.1, -0.05) is 6.07 Å². The van der Waals surface area contributed by atoms with Gasteiger partial charge in [-0.3, -0.25) is 4.79 Å². The lowest BCUT2D eigenvalue weighted by atomic mass is 10.2. The summed E-state index contributed by atoms with van der Waals surface area (Å²) < 4.78 is 13.9. The molecule has 1 aliphatic carbocycles. The predicted molar refractivity (Wildman–Crippen MR) is 92.7 cm³/mol. The second-order valence-electron chi connectivity index (χ2n) is 5.44. The van der Waals surface area contributed by atoms with E-state index >= 15 is 0 Å². The highest BCUT2D eigenvalue weighted by Gasteiger charge is 2.28. The van der Waals surface area contributed by atoms with Crippen molar-refractivity contribution < 1.29 is 9.18 Å². The van der Waals surface area contributed by atoms with E-state index in [0.717, 1.165) is 24.9 Å². The van der Waals surface area contributed by atoms with Crippen LogP contribution in [0.3, 0.4) is 0 Å². The van der Waals surface area contributed by atoms with Crippen molar-refractivity contribution in [1.29, 1.82) is 0 Å². The number of nitrogens with zero attached hydrogens (tertiary/aromatic N) is 1. The average molecular weight is 385 g/mol. The van der Waals surface area contributed by atoms with Crippen molar-refractivity contribution in [2.45, 2.75) is 26.3 Å². The molecule has 1 fully saturated rings. The van der Waals surface area contributed by atoms with Gasteiger partial charge < -0.3 is 16.0 Å². The summed E-state index contributed by atoms with van der Waals surface area (Å²) in [4.78, 5) is 15.9. The van der Waals surface area contributed by atoms with Crippen molar-refractivity contribution in [3.05, 3.63) is 34.1 Å². The highest BCUT2D eigenvalue weighted by Crippen LogP contribution is 2.28. The molecule has 7 heteroatoms. The first-order valence-electron chi connectivity index (χ1n) is 7.84. The van der Waals surface area contributed by atoms with Crippen LogP contribution in [0.1, 0.15) is 25.3 Å². The average Bonchev–Trinajstić information content (AvgIpc) is 3.37. The fourth-order valence-corrected chi connectivity index (χ4v) is 2.25. The first-order chi connectivity index (χ1) is 11.1. The number of hydrogen-bond donors (Lipinski definition) is 3. The lowest BCUT2D eigenvalue weighted by Crippen LogP contribution is -2.41. The molecule has 0 saturated heterocycles. The van der Waals surface area contributed by atoms with Crippen molar-refractivity contribution >= 4 is 27.8 Å². The molecular weight excluding hydrogens is 363 g/mol. The molecule has 1 saturated carbocycles. The molecule has 1 aromatic carbocycles. The molecule has 0 bridgehead atoms. The van der Waals surface area contributed by atoms with Gasteiger partial charge in [0.2, 0.25) is 5.91 Å². The zero-order valence-electron chi connectivity index (χ0n) is 13.2. The summed E-state index contributed by atoms with van der Waals surface area (Å²) in [5.74, 6) is 0.721. The van der Waals surface area contributed by atoms with E-state index in [1.165, 1.54) is 6.07 Å². The van der Waals surface area contributed by atoms with Gasteiger partial charge in [-0.2, -0.15) is 0 Å². The van der Waals surface area contributed by atoms with E-state index in [4.69, 9.17) is 0 Å². The highest BCUT2D eigenvalue weighted by atomic mass is 79.9. The zero-order chi connectivity index (χ0) is 16.7. The van der Waals surface area contributed by atoms with Gasteiger partial charge in [-0.05, 0) is 53.4 Å². The molecule has 1 aliphatic rings. The maximum atomic E-state index is 13.5. The second-order valence-corrected chi connectivity index (χ2v) is 6.29. The van der Waals surface area contributed by atoms with Crippen LogP contribution in [0.15, 0.2) is 27.7 Å². The molecule has 0 radical (unpaired) electrons. The van der Waals surface area contributed by atoms with E-state index < -0.39 is 0 Å². The van der Waals surface area contributed by atoms with E-state index in [-0.39, 0.29) is 17.6 Å². The van der Waals surface area contributed by atoms with E-state index in [2.05, 4.69) is 36.9 Å². The molecule has 1 aromatic rings. The topological polar surface area (TPSA) is 65.5 Å². The summed E-state index contributed by atoms with van der Waals surface area (Å²) in [5.41, 5.74) is 0.796. The second kappa shape index (κ2) is 8.86. The molecular formula is C16H22BrFN4O. The Balaban J connectivity index is 1.78. The summed E-state index contributed by atoms with van der Waals surface area (Å²) in [6, 6.07) is 4.97. The summed E-state index contributed by atoms with van der Waals surface area (Å²) in [6.45, 7) is 4.25. The molecule has 0 aromatic heterocycles. The number of carbonyl (C=O) groups excluding carboxylic acids is 1. The molecule has 3 N–H and O–H groups in total. The monoisotopic (exact) mass is 384 g/mol. The Kier molecular flexibility index (Phi) is 6.83. The van der Waals surface area contributed by atoms with Crippen molar-refractivity contribution in [3.63, 3.8) is 0 Å². The van der Waals surface area contributed by atoms with Crippen molar-refractivity contribution in [2.75, 3.05) is 19.6 Å². The first kappa shape index (κ1) is 17.7. The van der Waals surface area contributed by atoms with Crippen LogP contribution in [0.4, 0.5) is 4.39 Å². The van der Waals surface area contributed by atoms with Crippen molar-refractivity contribution in [1.82, 2.24) is 16.0 Å². The normalized spacial score (nSPS) is 14.5. The number of guanidine groups is 1. The molecule has 0 unspecified atom stereocenters. The van der Waals surface area contributed by atoms with Gasteiger partial charge >= 0.3 is 0 Å². The molecule has 126 valence electrons. The SMILES string of the molecule is CCNC(=NCc1ccc(Br)c(F)c1)NCCNC(=O)C1CC1. The standard InChI is InChI=1S/C16H22BrFN4O/c1-2-19-16(21-8-7-20-15(23)12-4-5-12)22-10-11-3-6-13(17)14(18)9-11/h3,6,9,12H,2,4-5,7-8,10H2,1H3,(H,20,23)(H2,19,21,22). The summed E-state index contributed by atoms with van der Waals surface area (Å²) in [6.07, 6.45) is 2.01. The molecule has 5 nitrogen and oxygen atoms in total. The molecule has 0 spiro atoms. The van der Waals surface area contributed by atoms with E-state index in [1.807, 2.05) is 13.0 Å². The Morgan fingerprint density at radius 2 is 2.04 bits per heavy atom. The Morgan fingerprint density at radius 1 is 1.30 bits per heavy atom. The largest absolute Gasteiger partial charge is 0.357 e. The van der Waals surface area contributed by atoms with Crippen LogP contribution >= 0.6 is 15.9 Å². The maximum Gasteiger partial charge on any atom is 0.223 e. The van der Waals surface area contributed by atoms with Crippen LogP contribution in [-0.2, 0) is 11.3 Å². The number of nitrogens with one attached hydrogen (secondary N) is 3. The van der Waals surface area contributed by atoms with Gasteiger partial charge in [0.15, 0.2) is 5.96 Å². The first-order valence-corrected chi connectivity index (χ1v) is 8.63. The number of hydrogen-bond acceptors (Lipinski definition) is 2. The Bertz CT molecular complexity index is 575. The van der Waals surface area contributed by atoms with Crippen LogP contribution in [0.5, 0.6) is 0 Å². The zero-order valence-corrected chi connectivity index (χ0v) is 14.7. The fourth-order valence-electron chi connectivity index (χ4n) is 2.01. The van der Waals surface area contributed by atoms with Crippen LogP contribution in [0.25, 0.3) is 0 Å². The van der Waals surface area contributed by atoms with E-state index in [1.54, 1.807) is 6.07 Å². The van der Waals surface area contributed by atoms with Gasteiger partial charge in [0.25, 0.3) is 0 Å². The van der Waals surface area contributed by atoms with Gasteiger partial charge in [-0.15, -0.1) is 0 Å². The van der Waals surface area contributed by atoms with Crippen molar-refractivity contribution in [3.8, 4) is 0 Å².